The minimum Gasteiger partial charge on any atom is -0.357 e. The van der Waals surface area contributed by atoms with E-state index in [0.29, 0.717) is 5.95 Å². The third kappa shape index (κ3) is 2.03. The van der Waals surface area contributed by atoms with Crippen LogP contribution < -0.4 is 5.32 Å². The zero-order valence-electron chi connectivity index (χ0n) is 9.78. The van der Waals surface area contributed by atoms with Gasteiger partial charge in [-0.3, -0.25) is 0 Å². The van der Waals surface area contributed by atoms with Crippen molar-refractivity contribution in [2.24, 2.45) is 0 Å². The molecule has 1 heterocycles. The fraction of sp³-hybridized carbons (Fsp3) is 0.231. The zero-order valence-corrected chi connectivity index (χ0v) is 9.78. The van der Waals surface area contributed by atoms with Crippen LogP contribution in [0.3, 0.4) is 0 Å². The van der Waals surface area contributed by atoms with Crippen LogP contribution in [0.2, 0.25) is 0 Å². The molecule has 0 saturated carbocycles. The van der Waals surface area contributed by atoms with Crippen LogP contribution >= 0.6 is 0 Å². The van der Waals surface area contributed by atoms with Gasteiger partial charge in [-0.2, -0.15) is 0 Å². The van der Waals surface area contributed by atoms with Crippen molar-refractivity contribution in [3.8, 4) is 11.3 Å². The Hall–Kier alpha value is -1.90. The van der Waals surface area contributed by atoms with Gasteiger partial charge in [-0.05, 0) is 25.5 Å². The molecule has 1 aromatic carbocycles. The third-order valence-electron chi connectivity index (χ3n) is 2.50. The topological polar surface area (TPSA) is 37.8 Å². The van der Waals surface area contributed by atoms with Gasteiger partial charge in [-0.25, -0.2) is 9.97 Å². The van der Waals surface area contributed by atoms with Crippen LogP contribution in [0.5, 0.6) is 0 Å². The van der Waals surface area contributed by atoms with Crippen LogP contribution in [0.4, 0.5) is 5.95 Å². The summed E-state index contributed by atoms with van der Waals surface area (Å²) in [5.41, 5.74) is 4.32. The van der Waals surface area contributed by atoms with Gasteiger partial charge in [0.25, 0.3) is 0 Å². The molecule has 1 N–H and O–H groups in total. The van der Waals surface area contributed by atoms with Crippen molar-refractivity contribution in [3.63, 3.8) is 0 Å². The molecule has 0 aliphatic carbocycles. The lowest BCUT2D eigenvalue weighted by Gasteiger charge is -2.07. The Kier molecular flexibility index (Phi) is 2.86. The monoisotopic (exact) mass is 213 g/mol. The van der Waals surface area contributed by atoms with Crippen LogP contribution in [0.15, 0.2) is 30.3 Å². The molecule has 0 bridgehead atoms. The maximum absolute atomic E-state index is 4.46. The maximum Gasteiger partial charge on any atom is 0.223 e. The Bertz CT molecular complexity index is 506. The van der Waals surface area contributed by atoms with Gasteiger partial charge in [0.2, 0.25) is 5.95 Å². The van der Waals surface area contributed by atoms with Crippen LogP contribution in [0, 0.1) is 13.8 Å². The minimum absolute atomic E-state index is 0.665. The molecule has 0 saturated heterocycles. The van der Waals surface area contributed by atoms with Gasteiger partial charge >= 0.3 is 0 Å². The van der Waals surface area contributed by atoms with E-state index in [-0.39, 0.29) is 0 Å². The quantitative estimate of drug-likeness (QED) is 0.833. The Morgan fingerprint density at radius 2 is 1.81 bits per heavy atom. The molecule has 1 aromatic heterocycles. The van der Waals surface area contributed by atoms with Gasteiger partial charge in [0.1, 0.15) is 0 Å². The summed E-state index contributed by atoms with van der Waals surface area (Å²) in [4.78, 5) is 8.75. The normalized spacial score (nSPS) is 10.2. The predicted molar refractivity (Wildman–Crippen MR) is 66.5 cm³/mol. The van der Waals surface area contributed by atoms with Crippen LogP contribution in [-0.4, -0.2) is 17.0 Å². The molecule has 0 fully saturated rings. The van der Waals surface area contributed by atoms with Gasteiger partial charge in [0.15, 0.2) is 0 Å². The van der Waals surface area contributed by atoms with Crippen LogP contribution in [0.25, 0.3) is 11.3 Å². The molecular formula is C13H15N3. The molecule has 0 atom stereocenters. The highest BCUT2D eigenvalue weighted by atomic mass is 15.1. The van der Waals surface area contributed by atoms with E-state index >= 15 is 0 Å². The van der Waals surface area contributed by atoms with Crippen molar-refractivity contribution < 1.29 is 0 Å². The minimum atomic E-state index is 0.665. The molecule has 0 radical (unpaired) electrons. The van der Waals surface area contributed by atoms with Gasteiger partial charge in [-0.1, -0.05) is 24.3 Å². The van der Waals surface area contributed by atoms with E-state index in [0.717, 1.165) is 17.0 Å². The number of aromatic nitrogens is 2. The van der Waals surface area contributed by atoms with E-state index in [4.69, 9.17) is 0 Å². The molecule has 2 rings (SSSR count). The summed E-state index contributed by atoms with van der Waals surface area (Å²) in [7, 11) is 1.83. The summed E-state index contributed by atoms with van der Waals surface area (Å²) in [5, 5.41) is 2.98. The molecular weight excluding hydrogens is 198 g/mol. The summed E-state index contributed by atoms with van der Waals surface area (Å²) in [6.45, 7) is 4.07. The average Bonchev–Trinajstić information content (AvgIpc) is 2.28. The molecule has 16 heavy (non-hydrogen) atoms. The average molecular weight is 213 g/mol. The first-order valence-electron chi connectivity index (χ1n) is 5.30. The molecule has 0 aliphatic heterocycles. The van der Waals surface area contributed by atoms with E-state index in [1.54, 1.807) is 0 Å². The summed E-state index contributed by atoms with van der Waals surface area (Å²) in [5.74, 6) is 0.665. The molecule has 2 aromatic rings. The van der Waals surface area contributed by atoms with E-state index in [1.165, 1.54) is 5.56 Å². The number of aryl methyl sites for hydroxylation is 2. The van der Waals surface area contributed by atoms with E-state index in [1.807, 2.05) is 32.2 Å². The lowest BCUT2D eigenvalue weighted by Crippen LogP contribution is -1.99. The smallest absolute Gasteiger partial charge is 0.223 e. The van der Waals surface area contributed by atoms with E-state index < -0.39 is 0 Å². The molecule has 0 amide bonds. The molecule has 0 aliphatic rings. The first-order chi connectivity index (χ1) is 7.70. The van der Waals surface area contributed by atoms with Gasteiger partial charge < -0.3 is 5.32 Å². The van der Waals surface area contributed by atoms with Gasteiger partial charge in [0, 0.05) is 18.3 Å². The molecule has 0 spiro atoms. The highest BCUT2D eigenvalue weighted by Gasteiger charge is 2.05. The Morgan fingerprint density at radius 1 is 1.06 bits per heavy atom. The lowest BCUT2D eigenvalue weighted by atomic mass is 10.1. The van der Waals surface area contributed by atoms with Crippen molar-refractivity contribution in [3.05, 3.63) is 41.6 Å². The standard InChI is InChI=1S/C13H15N3/c1-9-6-4-5-7-11(9)12-8-10(2)15-13(14-3)16-12/h4-8H,1-3H3,(H,14,15,16). The number of hydrogen-bond acceptors (Lipinski definition) is 3. The first kappa shape index (κ1) is 10.6. The Labute approximate surface area is 95.6 Å². The highest BCUT2D eigenvalue weighted by Crippen LogP contribution is 2.22. The predicted octanol–water partition coefficient (Wildman–Crippen LogP) is 2.80. The van der Waals surface area contributed by atoms with Crippen LogP contribution in [0.1, 0.15) is 11.3 Å². The summed E-state index contributed by atoms with van der Waals surface area (Å²) in [6, 6.07) is 10.2. The number of nitrogens with zero attached hydrogens (tertiary/aromatic N) is 2. The van der Waals surface area contributed by atoms with Crippen molar-refractivity contribution in [2.45, 2.75) is 13.8 Å². The SMILES string of the molecule is CNc1nc(C)cc(-c2ccccc2C)n1. The Balaban J connectivity index is 2.56. The summed E-state index contributed by atoms with van der Waals surface area (Å²) >= 11 is 0. The number of hydrogen-bond donors (Lipinski definition) is 1. The number of anilines is 1. The summed E-state index contributed by atoms with van der Waals surface area (Å²) in [6.07, 6.45) is 0. The molecule has 3 heteroatoms. The number of rotatable bonds is 2. The summed E-state index contributed by atoms with van der Waals surface area (Å²) < 4.78 is 0. The molecule has 0 unspecified atom stereocenters. The second kappa shape index (κ2) is 4.31. The third-order valence-corrected chi connectivity index (χ3v) is 2.50. The number of benzene rings is 1. The largest absolute Gasteiger partial charge is 0.357 e. The molecule has 82 valence electrons. The van der Waals surface area contributed by atoms with E-state index in [2.05, 4.69) is 34.3 Å². The fourth-order valence-corrected chi connectivity index (χ4v) is 1.68. The highest BCUT2D eigenvalue weighted by molar-refractivity contribution is 5.64. The second-order valence-electron chi connectivity index (χ2n) is 3.78. The van der Waals surface area contributed by atoms with Crippen molar-refractivity contribution >= 4 is 5.95 Å². The number of nitrogens with one attached hydrogen (secondary N) is 1. The van der Waals surface area contributed by atoms with Crippen LogP contribution in [-0.2, 0) is 0 Å². The van der Waals surface area contributed by atoms with Crippen molar-refractivity contribution in [1.29, 1.82) is 0 Å². The Morgan fingerprint density at radius 3 is 2.50 bits per heavy atom. The van der Waals surface area contributed by atoms with Gasteiger partial charge in [-0.15, -0.1) is 0 Å². The zero-order chi connectivity index (χ0) is 11.5. The first-order valence-corrected chi connectivity index (χ1v) is 5.30. The maximum atomic E-state index is 4.46. The van der Waals surface area contributed by atoms with Crippen molar-refractivity contribution in [1.82, 2.24) is 9.97 Å². The lowest BCUT2D eigenvalue weighted by molar-refractivity contribution is 1.10. The van der Waals surface area contributed by atoms with E-state index in [9.17, 15) is 0 Å². The molecule has 3 nitrogen and oxygen atoms in total. The fourth-order valence-electron chi connectivity index (χ4n) is 1.68. The second-order valence-corrected chi connectivity index (χ2v) is 3.78. The van der Waals surface area contributed by atoms with Gasteiger partial charge in [0.05, 0.1) is 5.69 Å². The van der Waals surface area contributed by atoms with Crippen molar-refractivity contribution in [2.75, 3.05) is 12.4 Å².